The molecule has 143 heavy (non-hydrogen) atoms. The van der Waals surface area contributed by atoms with Crippen LogP contribution in [0.3, 0.4) is 0 Å². The fraction of sp³-hybridized carbons (Fsp3) is 0. The zero-order valence-electron chi connectivity index (χ0n) is 77.2. The molecule has 0 unspecified atom stereocenters. The second kappa shape index (κ2) is 35.6. The maximum Gasteiger partial charge on any atom is 0.384 e. The summed E-state index contributed by atoms with van der Waals surface area (Å²) in [6, 6.07) is 179. The molecule has 29 aromatic rings. The molecule has 0 amide bonds. The highest BCUT2D eigenvalue weighted by Gasteiger charge is 2.29. The SMILES string of the molecule is c1ccc(-c2sc3c(ccc4c3c3ccccc3n4-c3cccc(-c4nc5ccccc5n4-c4ccccc4)c3)c2-c2ccccc2)cc1.c1ccc(-c2sc3c(ccc4c3c3ccccc3n4-c3cccc(-c4nc[n+](-c5ccccc5)o4)c3)c2-c2ccccc2)cc1.c1ccc(-c2sc3c(ccc4c3c3ccccc3n4-c3cccc(-n4c(-c5ccccc5)nc5ccccc54)c3)c2-c2ccccc2)cc1. The van der Waals surface area contributed by atoms with Gasteiger partial charge in [0, 0.05) is 133 Å². The fourth-order valence-electron chi connectivity index (χ4n) is 21.2. The third-order valence-electron chi connectivity index (χ3n) is 27.5. The van der Waals surface area contributed by atoms with E-state index >= 15 is 0 Å². The number of benzene rings is 20. The summed E-state index contributed by atoms with van der Waals surface area (Å²) < 4.78 is 23.6. The van der Waals surface area contributed by atoms with Crippen molar-refractivity contribution >= 4 is 152 Å². The highest BCUT2D eigenvalue weighted by Crippen LogP contribution is 2.54. The summed E-state index contributed by atoms with van der Waals surface area (Å²) >= 11 is 5.69. The zero-order valence-corrected chi connectivity index (χ0v) is 79.6. The number of para-hydroxylation sites is 9. The van der Waals surface area contributed by atoms with Crippen LogP contribution in [0.25, 0.3) is 251 Å². The normalized spacial score (nSPS) is 11.6. The summed E-state index contributed by atoms with van der Waals surface area (Å²) in [4.78, 5) is 18.8. The first-order valence-electron chi connectivity index (χ1n) is 48.1. The molecule has 20 aromatic carbocycles. The van der Waals surface area contributed by atoms with E-state index < -0.39 is 0 Å². The van der Waals surface area contributed by atoms with Crippen LogP contribution < -0.4 is 4.74 Å². The van der Waals surface area contributed by atoms with Crippen LogP contribution in [-0.4, -0.2) is 37.8 Å². The molecule has 9 heterocycles. The lowest BCUT2D eigenvalue weighted by Gasteiger charge is -2.13. The molecule has 10 nitrogen and oxygen atoms in total. The molecule has 672 valence electrons. The molecule has 29 rings (SSSR count). The van der Waals surface area contributed by atoms with Crippen LogP contribution in [0.15, 0.2) is 514 Å². The van der Waals surface area contributed by atoms with Crippen molar-refractivity contribution in [3.05, 3.63) is 510 Å². The highest BCUT2D eigenvalue weighted by atomic mass is 32.1. The Morgan fingerprint density at radius 2 is 0.490 bits per heavy atom. The average Bonchev–Trinajstić information content (AvgIpc) is 1.56. The van der Waals surface area contributed by atoms with Gasteiger partial charge < -0.3 is 13.7 Å². The summed E-state index contributed by atoms with van der Waals surface area (Å²) in [5, 5.41) is 11.5. The molecule has 0 spiro atoms. The molecule has 0 bridgehead atoms. The summed E-state index contributed by atoms with van der Waals surface area (Å²) in [5.74, 6) is 2.43. The van der Waals surface area contributed by atoms with Crippen LogP contribution >= 0.6 is 34.0 Å². The van der Waals surface area contributed by atoms with Crippen molar-refractivity contribution in [2.45, 2.75) is 0 Å². The first-order chi connectivity index (χ1) is 71.0. The topological polar surface area (TPSA) is 80.3 Å². The molecule has 0 saturated heterocycles. The van der Waals surface area contributed by atoms with Gasteiger partial charge in [-0.25, -0.2) is 14.5 Å². The molecule has 0 aliphatic heterocycles. The molecule has 0 fully saturated rings. The first kappa shape index (κ1) is 84.1. The molecule has 0 aliphatic carbocycles. The van der Waals surface area contributed by atoms with Crippen LogP contribution in [0.1, 0.15) is 0 Å². The van der Waals surface area contributed by atoms with E-state index in [0.717, 1.165) is 84.5 Å². The zero-order chi connectivity index (χ0) is 94.4. The van der Waals surface area contributed by atoms with Gasteiger partial charge >= 0.3 is 12.2 Å². The predicted octanol–water partition coefficient (Wildman–Crippen LogP) is 34.9. The molecule has 0 N–H and O–H groups in total. The smallest absolute Gasteiger partial charge is 0.309 e. The minimum Gasteiger partial charge on any atom is -0.309 e. The van der Waals surface area contributed by atoms with Crippen molar-refractivity contribution in [3.8, 4) is 133 Å². The third kappa shape index (κ3) is 14.6. The lowest BCUT2D eigenvalue weighted by Crippen LogP contribution is -2.26. The maximum atomic E-state index is 6.16. The van der Waals surface area contributed by atoms with Gasteiger partial charge in [-0.3, -0.25) is 9.13 Å². The van der Waals surface area contributed by atoms with Gasteiger partial charge in [-0.05, 0) is 177 Å². The van der Waals surface area contributed by atoms with E-state index in [2.05, 4.69) is 495 Å². The van der Waals surface area contributed by atoms with E-state index in [1.807, 2.05) is 70.4 Å². The van der Waals surface area contributed by atoms with Gasteiger partial charge in [0.2, 0.25) is 0 Å². The second-order valence-corrected chi connectivity index (χ2v) is 38.9. The Labute approximate surface area is 835 Å². The van der Waals surface area contributed by atoms with Crippen LogP contribution in [0.4, 0.5) is 0 Å². The van der Waals surface area contributed by atoms with E-state index in [-0.39, 0.29) is 0 Å². The molecule has 9 aromatic heterocycles. The Morgan fingerprint density at radius 1 is 0.203 bits per heavy atom. The third-order valence-corrected chi connectivity index (χ3v) is 31.3. The van der Waals surface area contributed by atoms with Gasteiger partial charge in [-0.15, -0.1) is 34.0 Å². The van der Waals surface area contributed by atoms with Gasteiger partial charge in [-0.1, -0.05) is 370 Å². The Kier molecular flexibility index (Phi) is 21.0. The number of hydrogen-bond donors (Lipinski definition) is 0. The standard InChI is InChI=1S/2C45H29N3S.C40H26N3OS/c1-4-15-30(16-5-1)41-36-27-28-40-42(44(36)49-43(41)31-17-6-2-7-18-31)35-23-10-12-25-38(35)47(40)34-22-14-19-32(29-34)45-46-37-24-11-13-26-39(37)48(45)33-20-8-3-9-21-33;1-4-15-30(16-5-1)41-36-27-28-40-42(44(36)49-43(41)31-17-6-2-7-18-31)35-23-10-12-25-38(35)47(40)33-21-14-22-34(29-33)48-39-26-13-11-24-37(39)46-45(48)32-19-8-3-9-20-32;1-4-13-27(14-5-1)36-33-23-24-35-37(39(33)45-38(36)28-15-6-2-7-16-28)32-21-10-11-22-34(32)43(35)31-20-12-17-29(25-31)40-41-26-42(44-40)30-18-8-3-9-19-30/h2*1-29H;1-26H/q;;+1. The summed E-state index contributed by atoms with van der Waals surface area (Å²) in [7, 11) is 0. The number of thiophene rings is 3. The molecular weight excluding hydrogens is 1800 g/mol. The summed E-state index contributed by atoms with van der Waals surface area (Å²) in [6.45, 7) is 0. The highest BCUT2D eigenvalue weighted by molar-refractivity contribution is 7.25. The van der Waals surface area contributed by atoms with E-state index in [0.29, 0.717) is 5.89 Å². The second-order valence-electron chi connectivity index (χ2n) is 35.8. The largest absolute Gasteiger partial charge is 0.384 e. The number of rotatable bonds is 15. The van der Waals surface area contributed by atoms with E-state index in [4.69, 9.17) is 14.5 Å². The van der Waals surface area contributed by atoms with Crippen molar-refractivity contribution in [1.29, 1.82) is 0 Å². The van der Waals surface area contributed by atoms with Crippen molar-refractivity contribution in [2.75, 3.05) is 0 Å². The van der Waals surface area contributed by atoms with E-state index in [1.165, 1.54) is 160 Å². The van der Waals surface area contributed by atoms with Gasteiger partial charge in [0.1, 0.15) is 11.6 Å². The van der Waals surface area contributed by atoms with Gasteiger partial charge in [0.15, 0.2) is 5.69 Å². The molecule has 0 radical (unpaired) electrons. The molecular formula is C130H84N9OS3+. The predicted molar refractivity (Wildman–Crippen MR) is 598 cm³/mol. The number of nitrogens with zero attached hydrogens (tertiary/aromatic N) is 9. The molecule has 0 atom stereocenters. The minimum atomic E-state index is 0.571. The summed E-state index contributed by atoms with van der Waals surface area (Å²) in [6.07, 6.45) is 1.72. The van der Waals surface area contributed by atoms with E-state index in [9.17, 15) is 0 Å². The van der Waals surface area contributed by atoms with Gasteiger partial charge in [-0.2, -0.15) is 0 Å². The lowest BCUT2D eigenvalue weighted by molar-refractivity contribution is -0.783. The lowest BCUT2D eigenvalue weighted by atomic mass is 9.98. The Balaban J connectivity index is 0.000000107. The first-order valence-corrected chi connectivity index (χ1v) is 50.6. The monoisotopic (exact) mass is 1880 g/mol. The summed E-state index contributed by atoms with van der Waals surface area (Å²) in [5.41, 5.74) is 32.0. The van der Waals surface area contributed by atoms with Gasteiger partial charge in [0.05, 0.1) is 60.7 Å². The number of fused-ring (bicyclic) bond motifs is 17. The quantitative estimate of drug-likeness (QED) is 0.0958. The Bertz CT molecular complexity index is 9880. The molecule has 0 saturated carbocycles. The average molecular weight is 1880 g/mol. The number of hydrogen-bond acceptors (Lipinski definition) is 7. The van der Waals surface area contributed by atoms with Crippen molar-refractivity contribution in [2.24, 2.45) is 0 Å². The molecule has 0 aliphatic rings. The molecule has 13 heteroatoms. The van der Waals surface area contributed by atoms with Crippen LogP contribution in [-0.2, 0) is 0 Å². The Hall–Kier alpha value is -18.2. The van der Waals surface area contributed by atoms with Crippen LogP contribution in [0.2, 0.25) is 0 Å². The van der Waals surface area contributed by atoms with E-state index in [1.54, 1.807) is 11.1 Å². The van der Waals surface area contributed by atoms with Crippen molar-refractivity contribution < 1.29 is 9.26 Å². The minimum absolute atomic E-state index is 0.571. The number of aromatic nitrogens is 9. The van der Waals surface area contributed by atoms with Gasteiger partial charge in [0.25, 0.3) is 0 Å². The van der Waals surface area contributed by atoms with Crippen molar-refractivity contribution in [1.82, 2.24) is 37.8 Å². The van der Waals surface area contributed by atoms with Crippen LogP contribution in [0.5, 0.6) is 0 Å². The van der Waals surface area contributed by atoms with Crippen molar-refractivity contribution in [3.63, 3.8) is 0 Å². The number of imidazole rings is 2. The van der Waals surface area contributed by atoms with Crippen LogP contribution in [0, 0.1) is 0 Å². The maximum absolute atomic E-state index is 6.16. The fourth-order valence-corrected chi connectivity index (χ4v) is 25.4. The Morgan fingerprint density at radius 3 is 0.895 bits per heavy atom.